The first-order valence-corrected chi connectivity index (χ1v) is 13.6. The van der Waals surface area contributed by atoms with Crippen LogP contribution >= 0.6 is 0 Å². The number of nitrogens with one attached hydrogen (secondary N) is 3. The van der Waals surface area contributed by atoms with Gasteiger partial charge in [0.25, 0.3) is 5.91 Å². The fraction of sp³-hybridized carbons (Fsp3) is 0.281. The van der Waals surface area contributed by atoms with Crippen molar-refractivity contribution in [1.82, 2.24) is 20.5 Å². The van der Waals surface area contributed by atoms with Crippen molar-refractivity contribution in [1.29, 1.82) is 0 Å². The largest absolute Gasteiger partial charge is 0.497 e. The standard InChI is InChI=1S/C32H32N4O4/c1-18(2)27(31(38)33-17-19-12-14-20(40-3)15-13-19)35-30(37)26-16-24-21-8-6-7-11-25(21)34-28(24)29-22-9-4-5-10-23(22)32(39)36(26)29/h4-15,18,26-27,29,34H,16-17H2,1-3H3,(H,33,38)(H,35,37). The number of H-pyrrole nitrogens is 1. The summed E-state index contributed by atoms with van der Waals surface area (Å²) < 4.78 is 5.20. The maximum Gasteiger partial charge on any atom is 0.255 e. The maximum atomic E-state index is 14.0. The van der Waals surface area contributed by atoms with Crippen LogP contribution in [0.15, 0.2) is 72.8 Å². The van der Waals surface area contributed by atoms with Crippen molar-refractivity contribution in [3.63, 3.8) is 0 Å². The number of amides is 3. The third-order valence-electron chi connectivity index (χ3n) is 8.03. The number of aromatic amines is 1. The molecule has 0 fully saturated rings. The number of benzene rings is 3. The molecule has 2 aliphatic heterocycles. The highest BCUT2D eigenvalue weighted by Crippen LogP contribution is 2.46. The van der Waals surface area contributed by atoms with Crippen LogP contribution in [0.2, 0.25) is 0 Å². The van der Waals surface area contributed by atoms with Crippen molar-refractivity contribution < 1.29 is 19.1 Å². The van der Waals surface area contributed by atoms with E-state index in [4.69, 9.17) is 4.74 Å². The number of nitrogens with zero attached hydrogens (tertiary/aromatic N) is 1. The van der Waals surface area contributed by atoms with Crippen LogP contribution in [-0.2, 0) is 22.6 Å². The van der Waals surface area contributed by atoms with Gasteiger partial charge in [0.1, 0.15) is 17.8 Å². The quantitative estimate of drug-likeness (QED) is 0.331. The Morgan fingerprint density at radius 2 is 1.75 bits per heavy atom. The van der Waals surface area contributed by atoms with E-state index >= 15 is 0 Å². The van der Waals surface area contributed by atoms with Crippen LogP contribution in [0, 0.1) is 5.92 Å². The van der Waals surface area contributed by atoms with Gasteiger partial charge < -0.3 is 25.3 Å². The lowest BCUT2D eigenvalue weighted by atomic mass is 9.89. The molecule has 3 unspecified atom stereocenters. The number of hydrogen-bond donors (Lipinski definition) is 3. The van der Waals surface area contributed by atoms with Gasteiger partial charge in [-0.3, -0.25) is 14.4 Å². The normalized spacial score (nSPS) is 18.2. The van der Waals surface area contributed by atoms with E-state index in [1.807, 2.05) is 86.6 Å². The number of rotatable bonds is 7. The maximum absolute atomic E-state index is 14.0. The smallest absolute Gasteiger partial charge is 0.255 e. The predicted molar refractivity (Wildman–Crippen MR) is 152 cm³/mol. The van der Waals surface area contributed by atoms with E-state index in [2.05, 4.69) is 15.6 Å². The van der Waals surface area contributed by atoms with Crippen LogP contribution < -0.4 is 15.4 Å². The Morgan fingerprint density at radius 1 is 1.02 bits per heavy atom. The van der Waals surface area contributed by atoms with E-state index in [1.54, 1.807) is 12.0 Å². The van der Waals surface area contributed by atoms with Gasteiger partial charge in [-0.1, -0.05) is 62.4 Å². The van der Waals surface area contributed by atoms with Gasteiger partial charge in [-0.25, -0.2) is 0 Å². The van der Waals surface area contributed by atoms with E-state index in [0.29, 0.717) is 18.5 Å². The zero-order valence-corrected chi connectivity index (χ0v) is 22.7. The van der Waals surface area contributed by atoms with Crippen LogP contribution in [0.25, 0.3) is 10.9 Å². The summed E-state index contributed by atoms with van der Waals surface area (Å²) in [5.41, 5.74) is 5.37. The number of methoxy groups -OCH3 is 1. The summed E-state index contributed by atoms with van der Waals surface area (Å²) in [6, 6.07) is 21.1. The molecule has 1 aromatic heterocycles. The van der Waals surface area contributed by atoms with Gasteiger partial charge in [0.2, 0.25) is 11.8 Å². The Labute approximate surface area is 232 Å². The number of hydrogen-bond acceptors (Lipinski definition) is 4. The van der Waals surface area contributed by atoms with Gasteiger partial charge in [-0.2, -0.15) is 0 Å². The van der Waals surface area contributed by atoms with E-state index in [1.165, 1.54) is 0 Å². The minimum atomic E-state index is -0.757. The average molecular weight is 537 g/mol. The highest BCUT2D eigenvalue weighted by molar-refractivity contribution is 6.04. The van der Waals surface area contributed by atoms with Crippen molar-refractivity contribution in [2.75, 3.05) is 7.11 Å². The van der Waals surface area contributed by atoms with Crippen molar-refractivity contribution in [3.05, 3.63) is 101 Å². The monoisotopic (exact) mass is 536 g/mol. The molecule has 6 rings (SSSR count). The molecular formula is C32H32N4O4. The number of ether oxygens (including phenoxy) is 1. The molecule has 204 valence electrons. The average Bonchev–Trinajstić information content (AvgIpc) is 3.49. The minimum absolute atomic E-state index is 0.158. The van der Waals surface area contributed by atoms with Gasteiger partial charge in [0.15, 0.2) is 0 Å². The first kappa shape index (κ1) is 25.7. The molecule has 4 aromatic rings. The summed E-state index contributed by atoms with van der Waals surface area (Å²) >= 11 is 0. The van der Waals surface area contributed by atoms with Crippen LogP contribution in [0.1, 0.15) is 52.6 Å². The predicted octanol–water partition coefficient (Wildman–Crippen LogP) is 4.10. The summed E-state index contributed by atoms with van der Waals surface area (Å²) in [5.74, 6) is -0.190. The van der Waals surface area contributed by atoms with E-state index in [9.17, 15) is 14.4 Å². The number of carbonyl (C=O) groups is 3. The van der Waals surface area contributed by atoms with E-state index < -0.39 is 18.1 Å². The molecule has 3 N–H and O–H groups in total. The summed E-state index contributed by atoms with van der Waals surface area (Å²) in [4.78, 5) is 46.1. The van der Waals surface area contributed by atoms with E-state index in [0.717, 1.165) is 39.0 Å². The Hall–Kier alpha value is -4.59. The molecule has 0 aliphatic carbocycles. The Kier molecular flexibility index (Phi) is 6.54. The Morgan fingerprint density at radius 3 is 2.50 bits per heavy atom. The Bertz CT molecular complexity index is 1610. The summed E-state index contributed by atoms with van der Waals surface area (Å²) in [6.07, 6.45) is 0.361. The van der Waals surface area contributed by atoms with Crippen molar-refractivity contribution >= 4 is 28.6 Å². The fourth-order valence-corrected chi connectivity index (χ4v) is 5.96. The third kappa shape index (κ3) is 4.29. The lowest BCUT2D eigenvalue weighted by molar-refractivity contribution is -0.133. The molecule has 0 spiro atoms. The topological polar surface area (TPSA) is 104 Å². The van der Waals surface area contributed by atoms with Gasteiger partial charge >= 0.3 is 0 Å². The molecule has 3 heterocycles. The van der Waals surface area contributed by atoms with Crippen LogP contribution in [0.4, 0.5) is 0 Å². The molecule has 3 aromatic carbocycles. The van der Waals surface area contributed by atoms with Crippen molar-refractivity contribution in [3.8, 4) is 5.75 Å². The second-order valence-electron chi connectivity index (χ2n) is 10.8. The van der Waals surface area contributed by atoms with Crippen LogP contribution in [-0.4, -0.2) is 46.8 Å². The first-order valence-electron chi connectivity index (χ1n) is 13.6. The van der Waals surface area contributed by atoms with Gasteiger partial charge in [0.05, 0.1) is 13.2 Å². The molecule has 8 heteroatoms. The molecule has 0 saturated heterocycles. The highest BCUT2D eigenvalue weighted by Gasteiger charge is 2.49. The molecule has 40 heavy (non-hydrogen) atoms. The molecule has 3 atom stereocenters. The second kappa shape index (κ2) is 10.2. The molecular weight excluding hydrogens is 504 g/mol. The number of aromatic nitrogens is 1. The minimum Gasteiger partial charge on any atom is -0.497 e. The molecule has 3 amide bonds. The first-order chi connectivity index (χ1) is 19.4. The molecule has 8 nitrogen and oxygen atoms in total. The lowest BCUT2D eigenvalue weighted by Gasteiger charge is -2.38. The molecule has 0 bridgehead atoms. The zero-order chi connectivity index (χ0) is 28.0. The van der Waals surface area contributed by atoms with Crippen LogP contribution in [0.3, 0.4) is 0 Å². The molecule has 0 saturated carbocycles. The SMILES string of the molecule is COc1ccc(CNC(=O)C(NC(=O)C2Cc3c([nH]c4ccccc34)C3c4ccccc4C(=O)N23)C(C)C)cc1. The van der Waals surface area contributed by atoms with Gasteiger partial charge in [0, 0.05) is 35.1 Å². The lowest BCUT2D eigenvalue weighted by Crippen LogP contribution is -2.57. The number of para-hydroxylation sites is 1. The summed E-state index contributed by atoms with van der Waals surface area (Å²) in [5, 5.41) is 6.99. The van der Waals surface area contributed by atoms with Gasteiger partial charge in [-0.05, 0) is 46.9 Å². The molecule has 2 aliphatic rings. The molecule has 0 radical (unpaired) electrons. The van der Waals surface area contributed by atoms with Crippen molar-refractivity contribution in [2.24, 2.45) is 5.92 Å². The summed E-state index contributed by atoms with van der Waals surface area (Å²) in [7, 11) is 1.61. The highest BCUT2D eigenvalue weighted by atomic mass is 16.5. The van der Waals surface area contributed by atoms with Crippen LogP contribution in [0.5, 0.6) is 5.75 Å². The third-order valence-corrected chi connectivity index (χ3v) is 8.03. The zero-order valence-electron chi connectivity index (χ0n) is 22.7. The Balaban J connectivity index is 1.28. The fourth-order valence-electron chi connectivity index (χ4n) is 5.96. The summed E-state index contributed by atoms with van der Waals surface area (Å²) in [6.45, 7) is 4.12. The second-order valence-corrected chi connectivity index (χ2v) is 10.8. The van der Waals surface area contributed by atoms with E-state index in [-0.39, 0.29) is 23.6 Å². The number of carbonyl (C=O) groups excluding carboxylic acids is 3. The van der Waals surface area contributed by atoms with Crippen molar-refractivity contribution in [2.45, 2.75) is 44.9 Å². The number of fused-ring (bicyclic) bond motifs is 7. The van der Waals surface area contributed by atoms with Gasteiger partial charge in [-0.15, -0.1) is 0 Å².